The molecule has 0 heterocycles. The zero-order valence-corrected chi connectivity index (χ0v) is 9.06. The Hall–Kier alpha value is -1.35. The number of aryl methyl sites for hydroxylation is 1. The molecule has 0 fully saturated rings. The Bertz CT molecular complexity index is 314. The number of aliphatic hydroxyl groups excluding tert-OH is 1. The van der Waals surface area contributed by atoms with E-state index >= 15 is 0 Å². The van der Waals surface area contributed by atoms with Gasteiger partial charge in [-0.15, -0.1) is 0 Å². The van der Waals surface area contributed by atoms with Crippen LogP contribution in [-0.2, 0) is 11.2 Å². The molecule has 82 valence electrons. The van der Waals surface area contributed by atoms with Gasteiger partial charge in [0.15, 0.2) is 0 Å². The van der Waals surface area contributed by atoms with Crippen LogP contribution >= 0.6 is 0 Å². The van der Waals surface area contributed by atoms with E-state index in [0.717, 1.165) is 18.4 Å². The molecule has 0 spiro atoms. The summed E-state index contributed by atoms with van der Waals surface area (Å²) >= 11 is 0. The second-order valence-corrected chi connectivity index (χ2v) is 3.58. The fourth-order valence-corrected chi connectivity index (χ4v) is 1.30. The van der Waals surface area contributed by atoms with Crippen LogP contribution in [0.15, 0.2) is 24.3 Å². The summed E-state index contributed by atoms with van der Waals surface area (Å²) in [4.78, 5) is 11.1. The van der Waals surface area contributed by atoms with Gasteiger partial charge in [0, 0.05) is 0 Å². The lowest BCUT2D eigenvalue weighted by atomic mass is 10.1. The molecule has 0 saturated carbocycles. The van der Waals surface area contributed by atoms with E-state index in [9.17, 15) is 4.79 Å². The van der Waals surface area contributed by atoms with E-state index in [-0.39, 0.29) is 12.1 Å². The summed E-state index contributed by atoms with van der Waals surface area (Å²) in [5, 5.41) is 9.12. The molecule has 1 unspecified atom stereocenters. The van der Waals surface area contributed by atoms with Crippen molar-refractivity contribution in [2.75, 3.05) is 7.11 Å². The van der Waals surface area contributed by atoms with Gasteiger partial charge in [0.05, 0.1) is 18.8 Å². The number of carbonyl (C=O) groups is 1. The fraction of sp³-hybridized carbons (Fsp3) is 0.417. The number of hydrogen-bond donors (Lipinski definition) is 1. The zero-order valence-electron chi connectivity index (χ0n) is 9.06. The van der Waals surface area contributed by atoms with E-state index < -0.39 is 0 Å². The van der Waals surface area contributed by atoms with Crippen LogP contribution in [0.3, 0.4) is 0 Å². The van der Waals surface area contributed by atoms with Crippen molar-refractivity contribution in [3.05, 3.63) is 35.4 Å². The maximum atomic E-state index is 11.1. The number of methoxy groups -OCH3 is 1. The van der Waals surface area contributed by atoms with E-state index in [2.05, 4.69) is 4.74 Å². The average Bonchev–Trinajstić information content (AvgIpc) is 2.26. The van der Waals surface area contributed by atoms with Gasteiger partial charge in [0.1, 0.15) is 0 Å². The Kier molecular flexibility index (Phi) is 4.31. The molecule has 0 amide bonds. The van der Waals surface area contributed by atoms with Crippen LogP contribution in [0.2, 0.25) is 0 Å². The van der Waals surface area contributed by atoms with Gasteiger partial charge in [-0.2, -0.15) is 0 Å². The minimum absolute atomic E-state index is 0.287. The molecule has 15 heavy (non-hydrogen) atoms. The number of esters is 1. The van der Waals surface area contributed by atoms with E-state index in [1.165, 1.54) is 7.11 Å². The lowest BCUT2D eigenvalue weighted by Crippen LogP contribution is -2.03. The smallest absolute Gasteiger partial charge is 0.337 e. The molecule has 0 radical (unpaired) electrons. The molecule has 3 heteroatoms. The molecule has 0 bridgehead atoms. The van der Waals surface area contributed by atoms with Crippen molar-refractivity contribution < 1.29 is 14.6 Å². The highest BCUT2D eigenvalue weighted by molar-refractivity contribution is 5.89. The first-order chi connectivity index (χ1) is 7.13. The Morgan fingerprint density at radius 1 is 1.40 bits per heavy atom. The van der Waals surface area contributed by atoms with Crippen molar-refractivity contribution in [3.8, 4) is 0 Å². The number of aliphatic hydroxyl groups is 1. The van der Waals surface area contributed by atoms with Crippen molar-refractivity contribution in [1.82, 2.24) is 0 Å². The standard InChI is InChI=1S/C12H16O3/c1-9(13)3-4-10-5-7-11(8-6-10)12(14)15-2/h5-9,13H,3-4H2,1-2H3. The summed E-state index contributed by atoms with van der Waals surface area (Å²) in [6.07, 6.45) is 1.27. The summed E-state index contributed by atoms with van der Waals surface area (Å²) in [5.41, 5.74) is 1.67. The van der Waals surface area contributed by atoms with Crippen LogP contribution in [0, 0.1) is 0 Å². The van der Waals surface area contributed by atoms with Gasteiger partial charge in [-0.05, 0) is 37.5 Å². The first-order valence-corrected chi connectivity index (χ1v) is 4.99. The second kappa shape index (κ2) is 5.51. The Balaban J connectivity index is 2.60. The van der Waals surface area contributed by atoms with Crippen LogP contribution in [-0.4, -0.2) is 24.3 Å². The number of benzene rings is 1. The lowest BCUT2D eigenvalue weighted by molar-refractivity contribution is 0.0600. The highest BCUT2D eigenvalue weighted by Crippen LogP contribution is 2.08. The summed E-state index contributed by atoms with van der Waals surface area (Å²) in [7, 11) is 1.36. The largest absolute Gasteiger partial charge is 0.465 e. The molecule has 0 aliphatic rings. The maximum absolute atomic E-state index is 11.1. The predicted molar refractivity (Wildman–Crippen MR) is 57.8 cm³/mol. The van der Waals surface area contributed by atoms with Crippen molar-refractivity contribution in [2.24, 2.45) is 0 Å². The minimum Gasteiger partial charge on any atom is -0.465 e. The normalized spacial score (nSPS) is 12.2. The second-order valence-electron chi connectivity index (χ2n) is 3.58. The number of hydrogen-bond acceptors (Lipinski definition) is 3. The Morgan fingerprint density at radius 3 is 2.47 bits per heavy atom. The maximum Gasteiger partial charge on any atom is 0.337 e. The van der Waals surface area contributed by atoms with Crippen molar-refractivity contribution in [3.63, 3.8) is 0 Å². The third-order valence-corrected chi connectivity index (χ3v) is 2.23. The first kappa shape index (κ1) is 11.7. The minimum atomic E-state index is -0.322. The Morgan fingerprint density at radius 2 is 2.00 bits per heavy atom. The van der Waals surface area contributed by atoms with Gasteiger partial charge in [0.2, 0.25) is 0 Å². The van der Waals surface area contributed by atoms with Gasteiger partial charge in [-0.3, -0.25) is 0 Å². The molecular formula is C12H16O3. The predicted octanol–water partition coefficient (Wildman–Crippen LogP) is 1.79. The fourth-order valence-electron chi connectivity index (χ4n) is 1.30. The number of rotatable bonds is 4. The third-order valence-electron chi connectivity index (χ3n) is 2.23. The summed E-state index contributed by atoms with van der Waals surface area (Å²) in [5.74, 6) is -0.322. The highest BCUT2D eigenvalue weighted by Gasteiger charge is 2.04. The molecule has 1 rings (SSSR count). The molecule has 0 aromatic heterocycles. The molecule has 1 N–H and O–H groups in total. The average molecular weight is 208 g/mol. The van der Waals surface area contributed by atoms with E-state index in [1.807, 2.05) is 12.1 Å². The van der Waals surface area contributed by atoms with Crippen LogP contribution < -0.4 is 0 Å². The molecular weight excluding hydrogens is 192 g/mol. The first-order valence-electron chi connectivity index (χ1n) is 4.99. The summed E-state index contributed by atoms with van der Waals surface area (Å²) < 4.78 is 4.60. The highest BCUT2D eigenvalue weighted by atomic mass is 16.5. The van der Waals surface area contributed by atoms with Gasteiger partial charge in [-0.1, -0.05) is 12.1 Å². The molecule has 0 aliphatic carbocycles. The van der Waals surface area contributed by atoms with Gasteiger partial charge in [0.25, 0.3) is 0 Å². The quantitative estimate of drug-likeness (QED) is 0.767. The lowest BCUT2D eigenvalue weighted by Gasteiger charge is -2.04. The number of carbonyl (C=O) groups excluding carboxylic acids is 1. The molecule has 1 aromatic rings. The van der Waals surface area contributed by atoms with E-state index in [4.69, 9.17) is 5.11 Å². The van der Waals surface area contributed by atoms with Crippen molar-refractivity contribution >= 4 is 5.97 Å². The topological polar surface area (TPSA) is 46.5 Å². The summed E-state index contributed by atoms with van der Waals surface area (Å²) in [6.45, 7) is 1.77. The van der Waals surface area contributed by atoms with Crippen LogP contribution in [0.1, 0.15) is 29.3 Å². The third kappa shape index (κ3) is 3.72. The van der Waals surface area contributed by atoms with Gasteiger partial charge >= 0.3 is 5.97 Å². The Labute approximate surface area is 89.7 Å². The van der Waals surface area contributed by atoms with Crippen LogP contribution in [0.25, 0.3) is 0 Å². The molecule has 3 nitrogen and oxygen atoms in total. The van der Waals surface area contributed by atoms with Crippen LogP contribution in [0.4, 0.5) is 0 Å². The van der Waals surface area contributed by atoms with Crippen molar-refractivity contribution in [1.29, 1.82) is 0 Å². The molecule has 1 atom stereocenters. The molecule has 1 aromatic carbocycles. The SMILES string of the molecule is COC(=O)c1ccc(CCC(C)O)cc1. The van der Waals surface area contributed by atoms with Crippen LogP contribution in [0.5, 0.6) is 0 Å². The van der Waals surface area contributed by atoms with Crippen molar-refractivity contribution in [2.45, 2.75) is 25.9 Å². The monoisotopic (exact) mass is 208 g/mol. The van der Waals surface area contributed by atoms with E-state index in [1.54, 1.807) is 19.1 Å². The van der Waals surface area contributed by atoms with Gasteiger partial charge < -0.3 is 9.84 Å². The van der Waals surface area contributed by atoms with E-state index in [0.29, 0.717) is 5.56 Å². The number of ether oxygens (including phenoxy) is 1. The van der Waals surface area contributed by atoms with Gasteiger partial charge in [-0.25, -0.2) is 4.79 Å². The summed E-state index contributed by atoms with van der Waals surface area (Å²) in [6, 6.07) is 7.25. The molecule has 0 aliphatic heterocycles. The zero-order chi connectivity index (χ0) is 11.3. The molecule has 0 saturated heterocycles.